The van der Waals surface area contributed by atoms with Gasteiger partial charge in [-0.3, -0.25) is 14.3 Å². The topological polar surface area (TPSA) is 118 Å². The van der Waals surface area contributed by atoms with Crippen molar-refractivity contribution in [1.29, 1.82) is 0 Å². The number of carboxylic acid groups (broad SMARTS) is 1. The van der Waals surface area contributed by atoms with Crippen LogP contribution in [0.5, 0.6) is 5.75 Å². The number of fused-ring (bicyclic) bond motifs is 1. The zero-order chi connectivity index (χ0) is 24.9. The van der Waals surface area contributed by atoms with Crippen molar-refractivity contribution in [3.8, 4) is 5.75 Å². The number of carboxylic acids is 1. The van der Waals surface area contributed by atoms with E-state index in [0.29, 0.717) is 29.8 Å². The summed E-state index contributed by atoms with van der Waals surface area (Å²) >= 11 is 0. The van der Waals surface area contributed by atoms with Crippen LogP contribution in [-0.2, 0) is 24.2 Å². The number of carbonyl (C=O) groups is 2. The van der Waals surface area contributed by atoms with Crippen molar-refractivity contribution in [2.75, 3.05) is 19.0 Å². The van der Waals surface area contributed by atoms with Crippen LogP contribution < -0.4 is 15.4 Å². The summed E-state index contributed by atoms with van der Waals surface area (Å²) in [7, 11) is 1.34. The number of hydrogen-bond acceptors (Lipinski definition) is 6. The predicted molar refractivity (Wildman–Crippen MR) is 127 cm³/mol. The fourth-order valence-corrected chi connectivity index (χ4v) is 4.15. The number of nitrogens with zero attached hydrogens (tertiary/aromatic N) is 3. The summed E-state index contributed by atoms with van der Waals surface area (Å²) in [6.07, 6.45) is 4.00. The van der Waals surface area contributed by atoms with E-state index in [9.17, 15) is 19.1 Å². The number of carbonyl (C=O) groups excluding carboxylic acids is 1. The number of rotatable bonds is 9. The number of ether oxygens (including phenoxy) is 1. The number of anilines is 1. The molecular weight excluding hydrogens is 453 g/mol. The maximum absolute atomic E-state index is 14.2. The minimum atomic E-state index is -1.12. The lowest BCUT2D eigenvalue weighted by Crippen LogP contribution is -2.30. The monoisotopic (exact) mass is 481 g/mol. The lowest BCUT2D eigenvalue weighted by molar-refractivity contribution is -0.137. The van der Waals surface area contributed by atoms with E-state index in [1.54, 1.807) is 17.8 Å². The van der Waals surface area contributed by atoms with Crippen LogP contribution >= 0.6 is 0 Å². The molecule has 1 atom stereocenters. The average Bonchev–Trinajstić information content (AvgIpc) is 3.22. The molecule has 4 rings (SSSR count). The van der Waals surface area contributed by atoms with E-state index < -0.39 is 30.2 Å². The van der Waals surface area contributed by atoms with E-state index in [1.807, 2.05) is 6.07 Å². The number of methoxy groups -OCH3 is 1. The van der Waals surface area contributed by atoms with Crippen LogP contribution in [0.2, 0.25) is 0 Å². The highest BCUT2D eigenvalue weighted by Crippen LogP contribution is 2.25. The second-order valence-corrected chi connectivity index (χ2v) is 8.50. The second-order valence-electron chi connectivity index (χ2n) is 8.50. The lowest BCUT2D eigenvalue weighted by atomic mass is 10.0. The Kier molecular flexibility index (Phi) is 7.28. The van der Waals surface area contributed by atoms with Gasteiger partial charge in [0.2, 0.25) is 0 Å². The molecule has 1 aliphatic heterocycles. The van der Waals surface area contributed by atoms with Crippen molar-refractivity contribution >= 4 is 17.7 Å². The highest BCUT2D eigenvalue weighted by molar-refractivity contribution is 5.95. The SMILES string of the molecule is COc1ccc([C@H](CC(=O)O)NC(=O)c2cn(CCc3ccc4c(n3)NCCC4)nc2C)cc1F. The zero-order valence-corrected chi connectivity index (χ0v) is 19.7. The molecule has 10 heteroatoms. The normalized spacial score (nSPS) is 13.5. The Hall–Kier alpha value is -3.95. The number of pyridine rings is 1. The first-order chi connectivity index (χ1) is 16.8. The molecule has 0 aliphatic carbocycles. The molecule has 35 heavy (non-hydrogen) atoms. The van der Waals surface area contributed by atoms with E-state index in [2.05, 4.69) is 26.8 Å². The minimum Gasteiger partial charge on any atom is -0.494 e. The van der Waals surface area contributed by atoms with Crippen molar-refractivity contribution in [1.82, 2.24) is 20.1 Å². The number of aromatic nitrogens is 3. The quantitative estimate of drug-likeness (QED) is 0.429. The largest absolute Gasteiger partial charge is 0.494 e. The van der Waals surface area contributed by atoms with Crippen molar-refractivity contribution in [3.63, 3.8) is 0 Å². The first-order valence-electron chi connectivity index (χ1n) is 11.5. The molecule has 1 amide bonds. The van der Waals surface area contributed by atoms with Crippen molar-refractivity contribution < 1.29 is 23.8 Å². The Bertz CT molecular complexity index is 1240. The van der Waals surface area contributed by atoms with Crippen LogP contribution in [0.15, 0.2) is 36.5 Å². The van der Waals surface area contributed by atoms with Gasteiger partial charge in [-0.1, -0.05) is 12.1 Å². The number of aryl methyl sites for hydroxylation is 4. The standard InChI is InChI=1S/C25H28FN5O4/c1-15-19(14-31(30-15)11-9-18-7-5-16-4-3-10-27-24(16)28-18)25(34)29-21(13-23(32)33)17-6-8-22(35-2)20(26)12-17/h5-8,12,14,21H,3-4,9-11,13H2,1-2H3,(H,27,28)(H,29,34)(H,32,33)/t21-/m0/s1. The molecule has 2 aromatic heterocycles. The zero-order valence-electron chi connectivity index (χ0n) is 19.7. The highest BCUT2D eigenvalue weighted by Gasteiger charge is 2.22. The molecule has 1 aliphatic rings. The molecule has 3 N–H and O–H groups in total. The number of halogens is 1. The molecule has 0 saturated carbocycles. The fourth-order valence-electron chi connectivity index (χ4n) is 4.15. The molecule has 0 saturated heterocycles. The average molecular weight is 482 g/mol. The van der Waals surface area contributed by atoms with E-state index in [-0.39, 0.29) is 5.75 Å². The van der Waals surface area contributed by atoms with Gasteiger partial charge in [0.05, 0.1) is 30.8 Å². The molecular formula is C25H28FN5O4. The van der Waals surface area contributed by atoms with Crippen LogP contribution in [0.25, 0.3) is 0 Å². The van der Waals surface area contributed by atoms with Crippen molar-refractivity contribution in [3.05, 3.63) is 70.4 Å². The molecule has 0 fully saturated rings. The first kappa shape index (κ1) is 24.2. The molecule has 0 unspecified atom stereocenters. The Morgan fingerprint density at radius 3 is 2.89 bits per heavy atom. The number of aliphatic carboxylic acids is 1. The third-order valence-electron chi connectivity index (χ3n) is 6.00. The van der Waals surface area contributed by atoms with Gasteiger partial charge < -0.3 is 20.5 Å². The summed E-state index contributed by atoms with van der Waals surface area (Å²) in [5.41, 5.74) is 3.32. The molecule has 0 radical (unpaired) electrons. The number of hydrogen-bond donors (Lipinski definition) is 3. The maximum Gasteiger partial charge on any atom is 0.305 e. The highest BCUT2D eigenvalue weighted by atomic mass is 19.1. The summed E-state index contributed by atoms with van der Waals surface area (Å²) in [5, 5.41) is 19.8. The Labute approximate surface area is 202 Å². The third kappa shape index (κ3) is 5.76. The number of benzene rings is 1. The molecule has 184 valence electrons. The lowest BCUT2D eigenvalue weighted by Gasteiger charge is -2.18. The summed E-state index contributed by atoms with van der Waals surface area (Å²) in [5.74, 6) is -1.26. The van der Waals surface area contributed by atoms with Crippen LogP contribution in [0.3, 0.4) is 0 Å². The first-order valence-corrected chi connectivity index (χ1v) is 11.5. The van der Waals surface area contributed by atoms with Gasteiger partial charge in [-0.05, 0) is 49.1 Å². The number of amides is 1. The van der Waals surface area contributed by atoms with E-state index in [1.165, 1.54) is 30.9 Å². The summed E-state index contributed by atoms with van der Waals surface area (Å²) < 4.78 is 20.8. The van der Waals surface area contributed by atoms with Gasteiger partial charge in [-0.2, -0.15) is 5.10 Å². The van der Waals surface area contributed by atoms with Gasteiger partial charge in [-0.15, -0.1) is 0 Å². The third-order valence-corrected chi connectivity index (χ3v) is 6.00. The van der Waals surface area contributed by atoms with Crippen molar-refractivity contribution in [2.24, 2.45) is 0 Å². The molecule has 3 aromatic rings. The van der Waals surface area contributed by atoms with Gasteiger partial charge in [0.25, 0.3) is 5.91 Å². The summed E-state index contributed by atoms with van der Waals surface area (Å²) in [6.45, 7) is 3.17. The molecule has 9 nitrogen and oxygen atoms in total. The van der Waals surface area contributed by atoms with E-state index in [0.717, 1.165) is 30.9 Å². The van der Waals surface area contributed by atoms with Crippen LogP contribution in [0.1, 0.15) is 51.8 Å². The van der Waals surface area contributed by atoms with E-state index >= 15 is 0 Å². The van der Waals surface area contributed by atoms with Crippen LogP contribution in [0, 0.1) is 12.7 Å². The number of nitrogens with one attached hydrogen (secondary N) is 2. The minimum absolute atomic E-state index is 0.0375. The molecule has 1 aromatic carbocycles. The maximum atomic E-state index is 14.2. The van der Waals surface area contributed by atoms with Gasteiger partial charge in [0, 0.05) is 31.4 Å². The summed E-state index contributed by atoms with van der Waals surface area (Å²) in [6, 6.07) is 7.30. The fraction of sp³-hybridized carbons (Fsp3) is 0.360. The smallest absolute Gasteiger partial charge is 0.305 e. The molecule has 0 spiro atoms. The Balaban J connectivity index is 1.45. The second kappa shape index (κ2) is 10.5. The molecule has 0 bridgehead atoms. The predicted octanol–water partition coefficient (Wildman–Crippen LogP) is 3.28. The summed E-state index contributed by atoms with van der Waals surface area (Å²) in [4.78, 5) is 29.1. The van der Waals surface area contributed by atoms with Gasteiger partial charge >= 0.3 is 5.97 Å². The Morgan fingerprint density at radius 2 is 2.14 bits per heavy atom. The van der Waals surface area contributed by atoms with Gasteiger partial charge in [-0.25, -0.2) is 9.37 Å². The van der Waals surface area contributed by atoms with E-state index in [4.69, 9.17) is 4.74 Å². The molecule has 3 heterocycles. The van der Waals surface area contributed by atoms with Crippen molar-refractivity contribution in [2.45, 2.75) is 45.2 Å². The van der Waals surface area contributed by atoms with Crippen LogP contribution in [0.4, 0.5) is 10.2 Å². The van der Waals surface area contributed by atoms with Crippen LogP contribution in [-0.4, -0.2) is 45.4 Å². The van der Waals surface area contributed by atoms with Gasteiger partial charge in [0.15, 0.2) is 11.6 Å². The Morgan fingerprint density at radius 1 is 1.31 bits per heavy atom. The van der Waals surface area contributed by atoms with Gasteiger partial charge in [0.1, 0.15) is 5.82 Å².